The molecule has 1 amide bonds. The van der Waals surface area contributed by atoms with Crippen LogP contribution in [0, 0.1) is 13.8 Å². The van der Waals surface area contributed by atoms with Gasteiger partial charge in [-0.1, -0.05) is 11.6 Å². The minimum atomic E-state index is -0.253. The molecule has 8 heteroatoms. The van der Waals surface area contributed by atoms with Gasteiger partial charge in [0.1, 0.15) is 18.6 Å². The summed E-state index contributed by atoms with van der Waals surface area (Å²) in [4.78, 5) is 29.9. The Hall–Kier alpha value is -3.32. The fourth-order valence-electron chi connectivity index (χ4n) is 3.50. The van der Waals surface area contributed by atoms with Gasteiger partial charge < -0.3 is 9.73 Å². The average Bonchev–Trinajstić information content (AvgIpc) is 3.32. The van der Waals surface area contributed by atoms with Gasteiger partial charge in [-0.05, 0) is 55.8 Å². The van der Waals surface area contributed by atoms with E-state index in [1.54, 1.807) is 24.5 Å². The van der Waals surface area contributed by atoms with Crippen LogP contribution < -0.4 is 10.9 Å². The Balaban J connectivity index is 1.59. The number of carbonyl (C=O) groups excluding carboxylic acids is 1. The summed E-state index contributed by atoms with van der Waals surface area (Å²) in [6.45, 7) is 4.17. The molecule has 30 heavy (non-hydrogen) atoms. The third kappa shape index (κ3) is 3.76. The Bertz CT molecular complexity index is 1250. The highest BCUT2D eigenvalue weighted by atomic mass is 35.5. The molecule has 1 N–H and O–H groups in total. The first-order chi connectivity index (χ1) is 14.5. The van der Waals surface area contributed by atoms with Crippen LogP contribution in [0.1, 0.15) is 17.0 Å². The molecule has 0 radical (unpaired) electrons. The Morgan fingerprint density at radius 2 is 1.97 bits per heavy atom. The minimum absolute atomic E-state index is 0.0927. The standard InChI is InChI=1S/C22H21ClN4O3/c1-14-15(2)27(17-7-5-16(23)6-8-17)21-20(14)22(29)26(13-25-21)12-19(28)24-10-9-18-4-3-11-30-18/h3-8,11,13H,9-10,12H2,1-2H3,(H,24,28). The van der Waals surface area contributed by atoms with E-state index in [1.165, 1.54) is 10.9 Å². The van der Waals surface area contributed by atoms with E-state index >= 15 is 0 Å². The number of fused-ring (bicyclic) bond motifs is 1. The molecule has 0 bridgehead atoms. The van der Waals surface area contributed by atoms with Crippen molar-refractivity contribution in [2.45, 2.75) is 26.8 Å². The summed E-state index contributed by atoms with van der Waals surface area (Å²) in [7, 11) is 0. The maximum absolute atomic E-state index is 13.1. The molecule has 0 unspecified atom stereocenters. The maximum Gasteiger partial charge on any atom is 0.263 e. The average molecular weight is 425 g/mol. The van der Waals surface area contributed by atoms with Crippen molar-refractivity contribution >= 4 is 28.5 Å². The fourth-order valence-corrected chi connectivity index (χ4v) is 3.62. The fraction of sp³-hybridized carbons (Fsp3) is 0.227. The number of amides is 1. The number of hydrogen-bond acceptors (Lipinski definition) is 4. The molecule has 1 aromatic carbocycles. The lowest BCUT2D eigenvalue weighted by atomic mass is 10.2. The van der Waals surface area contributed by atoms with Gasteiger partial charge in [0.2, 0.25) is 5.91 Å². The van der Waals surface area contributed by atoms with Crippen LogP contribution in [0.5, 0.6) is 0 Å². The van der Waals surface area contributed by atoms with Crippen LogP contribution in [-0.2, 0) is 17.8 Å². The first-order valence-electron chi connectivity index (χ1n) is 9.58. The van der Waals surface area contributed by atoms with Crippen molar-refractivity contribution in [3.05, 3.63) is 81.4 Å². The molecular weight excluding hydrogens is 404 g/mol. The van der Waals surface area contributed by atoms with Gasteiger partial charge >= 0.3 is 0 Å². The first kappa shape index (κ1) is 20.0. The van der Waals surface area contributed by atoms with Gasteiger partial charge in [-0.25, -0.2) is 4.98 Å². The summed E-state index contributed by atoms with van der Waals surface area (Å²) in [5, 5.41) is 3.95. The van der Waals surface area contributed by atoms with E-state index in [-0.39, 0.29) is 18.0 Å². The van der Waals surface area contributed by atoms with Crippen molar-refractivity contribution in [1.82, 2.24) is 19.4 Å². The van der Waals surface area contributed by atoms with Crippen molar-refractivity contribution in [3.63, 3.8) is 0 Å². The second kappa shape index (κ2) is 8.20. The topological polar surface area (TPSA) is 82.1 Å². The molecule has 4 rings (SSSR count). The molecule has 0 saturated heterocycles. The van der Waals surface area contributed by atoms with E-state index in [4.69, 9.17) is 16.0 Å². The van der Waals surface area contributed by atoms with Crippen LogP contribution in [0.3, 0.4) is 0 Å². The van der Waals surface area contributed by atoms with Crippen LogP contribution in [0.2, 0.25) is 5.02 Å². The van der Waals surface area contributed by atoms with Gasteiger partial charge in [0.15, 0.2) is 5.65 Å². The summed E-state index contributed by atoms with van der Waals surface area (Å²) < 4.78 is 8.51. The lowest BCUT2D eigenvalue weighted by molar-refractivity contribution is -0.121. The number of nitrogens with zero attached hydrogens (tertiary/aromatic N) is 3. The molecule has 4 aromatic rings. The van der Waals surface area contributed by atoms with E-state index in [2.05, 4.69) is 10.3 Å². The number of hydrogen-bond donors (Lipinski definition) is 1. The van der Waals surface area contributed by atoms with Crippen molar-refractivity contribution in [3.8, 4) is 5.69 Å². The van der Waals surface area contributed by atoms with Crippen molar-refractivity contribution in [2.24, 2.45) is 0 Å². The molecule has 0 aliphatic rings. The van der Waals surface area contributed by atoms with Crippen molar-refractivity contribution in [1.29, 1.82) is 0 Å². The predicted molar refractivity (Wildman–Crippen MR) is 115 cm³/mol. The predicted octanol–water partition coefficient (Wildman–Crippen LogP) is 3.41. The summed E-state index contributed by atoms with van der Waals surface area (Å²) >= 11 is 6.00. The minimum Gasteiger partial charge on any atom is -0.469 e. The number of furan rings is 1. The molecular formula is C22H21ClN4O3. The smallest absolute Gasteiger partial charge is 0.263 e. The number of halogens is 1. The zero-order chi connectivity index (χ0) is 21.3. The zero-order valence-electron chi connectivity index (χ0n) is 16.7. The Morgan fingerprint density at radius 1 is 1.20 bits per heavy atom. The molecule has 0 saturated carbocycles. The van der Waals surface area contributed by atoms with Crippen LogP contribution in [0.25, 0.3) is 16.7 Å². The zero-order valence-corrected chi connectivity index (χ0v) is 17.4. The van der Waals surface area contributed by atoms with Crippen LogP contribution in [-0.4, -0.2) is 26.6 Å². The van der Waals surface area contributed by atoms with Crippen molar-refractivity contribution in [2.75, 3.05) is 6.54 Å². The summed E-state index contributed by atoms with van der Waals surface area (Å²) in [5.74, 6) is 0.543. The van der Waals surface area contributed by atoms with Gasteiger partial charge in [-0.15, -0.1) is 0 Å². The summed E-state index contributed by atoms with van der Waals surface area (Å²) in [6, 6.07) is 11.0. The van der Waals surface area contributed by atoms with Crippen LogP contribution >= 0.6 is 11.6 Å². The highest BCUT2D eigenvalue weighted by Gasteiger charge is 2.18. The van der Waals surface area contributed by atoms with E-state index in [0.717, 1.165) is 22.7 Å². The first-order valence-corrected chi connectivity index (χ1v) is 9.95. The molecule has 0 aliphatic carbocycles. The van der Waals surface area contributed by atoms with Gasteiger partial charge in [-0.3, -0.25) is 18.7 Å². The lowest BCUT2D eigenvalue weighted by Gasteiger charge is -2.09. The SMILES string of the molecule is Cc1c(C)n(-c2ccc(Cl)cc2)c2ncn(CC(=O)NCCc3ccco3)c(=O)c12. The molecule has 7 nitrogen and oxygen atoms in total. The lowest BCUT2D eigenvalue weighted by Crippen LogP contribution is -2.33. The van der Waals surface area contributed by atoms with Gasteiger partial charge in [0, 0.05) is 29.4 Å². The van der Waals surface area contributed by atoms with E-state index in [9.17, 15) is 9.59 Å². The Kier molecular flexibility index (Phi) is 5.46. The number of nitrogens with one attached hydrogen (secondary N) is 1. The quantitative estimate of drug-likeness (QED) is 0.514. The van der Waals surface area contributed by atoms with Gasteiger partial charge in [-0.2, -0.15) is 0 Å². The number of aryl methyl sites for hydroxylation is 1. The monoisotopic (exact) mass is 424 g/mol. The third-order valence-corrected chi connectivity index (χ3v) is 5.41. The maximum atomic E-state index is 13.1. The highest BCUT2D eigenvalue weighted by molar-refractivity contribution is 6.30. The van der Waals surface area contributed by atoms with Crippen molar-refractivity contribution < 1.29 is 9.21 Å². The second-order valence-electron chi connectivity index (χ2n) is 7.08. The molecule has 3 aromatic heterocycles. The number of rotatable bonds is 6. The van der Waals surface area contributed by atoms with E-state index in [1.807, 2.05) is 36.6 Å². The molecule has 154 valence electrons. The highest BCUT2D eigenvalue weighted by Crippen LogP contribution is 2.25. The van der Waals surface area contributed by atoms with E-state index < -0.39 is 0 Å². The number of aromatic nitrogens is 3. The summed E-state index contributed by atoms with van der Waals surface area (Å²) in [5.41, 5.74) is 2.94. The molecule has 0 fully saturated rings. The molecule has 0 aliphatic heterocycles. The molecule has 0 atom stereocenters. The Labute approximate surface area is 177 Å². The largest absolute Gasteiger partial charge is 0.469 e. The van der Waals surface area contributed by atoms with Gasteiger partial charge in [0.25, 0.3) is 5.56 Å². The number of benzene rings is 1. The Morgan fingerprint density at radius 3 is 2.67 bits per heavy atom. The molecule has 3 heterocycles. The van der Waals surface area contributed by atoms with Crippen LogP contribution in [0.15, 0.2) is 58.2 Å². The third-order valence-electron chi connectivity index (χ3n) is 5.16. The number of carbonyl (C=O) groups is 1. The molecule has 0 spiro atoms. The van der Waals surface area contributed by atoms with Gasteiger partial charge in [0.05, 0.1) is 11.6 Å². The van der Waals surface area contributed by atoms with E-state index in [0.29, 0.717) is 29.0 Å². The second-order valence-corrected chi connectivity index (χ2v) is 7.51. The summed E-state index contributed by atoms with van der Waals surface area (Å²) in [6.07, 6.45) is 3.60. The normalized spacial score (nSPS) is 11.2. The van der Waals surface area contributed by atoms with Crippen LogP contribution in [0.4, 0.5) is 0 Å².